The van der Waals surface area contributed by atoms with Gasteiger partial charge in [0.25, 0.3) is 0 Å². The predicted octanol–water partition coefficient (Wildman–Crippen LogP) is 4.26. The number of carbonyl (C=O) groups is 1. The lowest BCUT2D eigenvalue weighted by atomic mass is 10.1. The van der Waals surface area contributed by atoms with Gasteiger partial charge in [-0.05, 0) is 54.0 Å². The van der Waals surface area contributed by atoms with E-state index in [2.05, 4.69) is 17.6 Å². The molecule has 0 bridgehead atoms. The first-order valence-corrected chi connectivity index (χ1v) is 9.92. The molecule has 2 rings (SSSR count). The summed E-state index contributed by atoms with van der Waals surface area (Å²) in [5.41, 5.74) is 1.84. The molecule has 1 amide bonds. The van der Waals surface area contributed by atoms with Crippen LogP contribution in [0.25, 0.3) is 0 Å². The molecule has 2 N–H and O–H groups in total. The standard InChI is InChI=1S/C21H25ClN2O3S/c1-3-4-11-27-18-10-7-16(12-19(18)26-2)14-23-21(28)24-20(25)13-15-5-8-17(22)9-6-15/h5-10,12H,3-4,11,13-14H2,1-2H3,(H2,23,24,25,28). The molecule has 0 saturated carbocycles. The molecule has 0 fully saturated rings. The third kappa shape index (κ3) is 7.37. The Morgan fingerprint density at radius 2 is 1.82 bits per heavy atom. The lowest BCUT2D eigenvalue weighted by Crippen LogP contribution is -2.39. The molecule has 0 unspecified atom stereocenters. The molecule has 5 nitrogen and oxygen atoms in total. The zero-order chi connectivity index (χ0) is 20.4. The van der Waals surface area contributed by atoms with Gasteiger partial charge in [-0.15, -0.1) is 0 Å². The molecule has 150 valence electrons. The van der Waals surface area contributed by atoms with E-state index in [0.717, 1.165) is 29.7 Å². The number of rotatable bonds is 9. The van der Waals surface area contributed by atoms with Crippen molar-refractivity contribution in [2.75, 3.05) is 13.7 Å². The van der Waals surface area contributed by atoms with Crippen molar-refractivity contribution in [3.8, 4) is 11.5 Å². The minimum Gasteiger partial charge on any atom is -0.493 e. The molecular formula is C21H25ClN2O3S. The van der Waals surface area contributed by atoms with Gasteiger partial charge in [0.05, 0.1) is 20.1 Å². The van der Waals surface area contributed by atoms with Gasteiger partial charge in [0, 0.05) is 11.6 Å². The van der Waals surface area contributed by atoms with Crippen LogP contribution in [0.1, 0.15) is 30.9 Å². The largest absolute Gasteiger partial charge is 0.493 e. The van der Waals surface area contributed by atoms with Crippen molar-refractivity contribution in [3.63, 3.8) is 0 Å². The van der Waals surface area contributed by atoms with E-state index in [0.29, 0.717) is 23.9 Å². The van der Waals surface area contributed by atoms with E-state index >= 15 is 0 Å². The van der Waals surface area contributed by atoms with Crippen molar-refractivity contribution in [2.45, 2.75) is 32.7 Å². The fourth-order valence-electron chi connectivity index (χ4n) is 2.45. The molecule has 0 aliphatic heterocycles. The number of amides is 1. The van der Waals surface area contributed by atoms with Crippen molar-refractivity contribution < 1.29 is 14.3 Å². The Morgan fingerprint density at radius 3 is 2.50 bits per heavy atom. The second-order valence-corrected chi connectivity index (χ2v) is 7.07. The van der Waals surface area contributed by atoms with Gasteiger partial charge in [-0.25, -0.2) is 0 Å². The molecule has 2 aromatic carbocycles. The first-order valence-electron chi connectivity index (χ1n) is 9.13. The molecule has 0 aliphatic rings. The van der Waals surface area contributed by atoms with Gasteiger partial charge in [-0.1, -0.05) is 43.1 Å². The third-order valence-electron chi connectivity index (χ3n) is 3.97. The van der Waals surface area contributed by atoms with Crippen LogP contribution in [0.5, 0.6) is 11.5 Å². The topological polar surface area (TPSA) is 59.6 Å². The average molecular weight is 421 g/mol. The van der Waals surface area contributed by atoms with E-state index in [1.165, 1.54) is 0 Å². The molecule has 28 heavy (non-hydrogen) atoms. The number of carbonyl (C=O) groups excluding carboxylic acids is 1. The highest BCUT2D eigenvalue weighted by atomic mass is 35.5. The number of methoxy groups -OCH3 is 1. The summed E-state index contributed by atoms with van der Waals surface area (Å²) in [6, 6.07) is 12.9. The van der Waals surface area contributed by atoms with Crippen LogP contribution in [0.2, 0.25) is 5.02 Å². The summed E-state index contributed by atoms with van der Waals surface area (Å²) in [4.78, 5) is 12.1. The minimum absolute atomic E-state index is 0.183. The van der Waals surface area contributed by atoms with E-state index in [-0.39, 0.29) is 17.4 Å². The lowest BCUT2D eigenvalue weighted by molar-refractivity contribution is -0.119. The normalized spacial score (nSPS) is 10.2. The fraction of sp³-hybridized carbons (Fsp3) is 0.333. The molecule has 0 spiro atoms. The maximum absolute atomic E-state index is 12.1. The number of unbranched alkanes of at least 4 members (excludes halogenated alkanes) is 1. The number of halogens is 1. The van der Waals surface area contributed by atoms with Crippen molar-refractivity contribution in [1.29, 1.82) is 0 Å². The van der Waals surface area contributed by atoms with E-state index < -0.39 is 0 Å². The summed E-state index contributed by atoms with van der Waals surface area (Å²) in [6.45, 7) is 3.24. The van der Waals surface area contributed by atoms with Gasteiger partial charge in [0.1, 0.15) is 0 Å². The molecule has 7 heteroatoms. The van der Waals surface area contributed by atoms with Crippen LogP contribution >= 0.6 is 23.8 Å². The van der Waals surface area contributed by atoms with Crippen LogP contribution in [0.4, 0.5) is 0 Å². The van der Waals surface area contributed by atoms with E-state index in [9.17, 15) is 4.79 Å². The van der Waals surface area contributed by atoms with Crippen LogP contribution in [0, 0.1) is 0 Å². The number of benzene rings is 2. The Labute approximate surface area is 176 Å². The van der Waals surface area contributed by atoms with Gasteiger partial charge < -0.3 is 20.1 Å². The second-order valence-electron chi connectivity index (χ2n) is 6.22. The molecule has 0 saturated heterocycles. The smallest absolute Gasteiger partial charge is 0.230 e. The maximum Gasteiger partial charge on any atom is 0.230 e. The highest BCUT2D eigenvalue weighted by Crippen LogP contribution is 2.28. The Bertz CT molecular complexity index is 797. The highest BCUT2D eigenvalue weighted by Gasteiger charge is 2.08. The molecule has 0 aliphatic carbocycles. The summed E-state index contributed by atoms with van der Waals surface area (Å²) in [5, 5.41) is 6.63. The summed E-state index contributed by atoms with van der Waals surface area (Å²) < 4.78 is 11.1. The highest BCUT2D eigenvalue weighted by molar-refractivity contribution is 7.80. The number of nitrogens with one attached hydrogen (secondary N) is 2. The zero-order valence-corrected chi connectivity index (χ0v) is 17.7. The van der Waals surface area contributed by atoms with E-state index in [1.807, 2.05) is 30.3 Å². The molecule has 0 atom stereocenters. The van der Waals surface area contributed by atoms with Crippen LogP contribution < -0.4 is 20.1 Å². The van der Waals surface area contributed by atoms with Gasteiger partial charge >= 0.3 is 0 Å². The van der Waals surface area contributed by atoms with Gasteiger partial charge in [-0.3, -0.25) is 4.79 Å². The summed E-state index contributed by atoms with van der Waals surface area (Å²) in [7, 11) is 1.61. The molecule has 0 radical (unpaired) electrons. The van der Waals surface area contributed by atoms with Crippen molar-refractivity contribution in [1.82, 2.24) is 10.6 Å². The summed E-state index contributed by atoms with van der Waals surface area (Å²) in [5.74, 6) is 1.21. The van der Waals surface area contributed by atoms with E-state index in [4.69, 9.17) is 33.3 Å². The van der Waals surface area contributed by atoms with Gasteiger partial charge in [0.2, 0.25) is 5.91 Å². The third-order valence-corrected chi connectivity index (χ3v) is 4.47. The molecule has 0 heterocycles. The van der Waals surface area contributed by atoms with Crippen molar-refractivity contribution >= 4 is 34.8 Å². The number of hydrogen-bond donors (Lipinski definition) is 2. The van der Waals surface area contributed by atoms with E-state index in [1.54, 1.807) is 19.2 Å². The van der Waals surface area contributed by atoms with Crippen LogP contribution in [-0.2, 0) is 17.8 Å². The average Bonchev–Trinajstić information content (AvgIpc) is 2.69. The second kappa shape index (κ2) is 11.5. The van der Waals surface area contributed by atoms with Crippen molar-refractivity contribution in [2.24, 2.45) is 0 Å². The van der Waals surface area contributed by atoms with Crippen molar-refractivity contribution in [3.05, 3.63) is 58.6 Å². The summed E-state index contributed by atoms with van der Waals surface area (Å²) in [6.07, 6.45) is 2.30. The van der Waals surface area contributed by atoms with Crippen LogP contribution in [0.15, 0.2) is 42.5 Å². The number of ether oxygens (including phenoxy) is 2. The zero-order valence-electron chi connectivity index (χ0n) is 16.1. The Hall–Kier alpha value is -2.31. The summed E-state index contributed by atoms with van der Waals surface area (Å²) >= 11 is 11.1. The Kier molecular flexibility index (Phi) is 9.04. The lowest BCUT2D eigenvalue weighted by Gasteiger charge is -2.13. The van der Waals surface area contributed by atoms with Gasteiger partial charge in [-0.2, -0.15) is 0 Å². The first kappa shape index (κ1) is 22.0. The first-order chi connectivity index (χ1) is 13.5. The fourth-order valence-corrected chi connectivity index (χ4v) is 2.76. The Balaban J connectivity index is 1.82. The molecule has 2 aromatic rings. The van der Waals surface area contributed by atoms with Gasteiger partial charge in [0.15, 0.2) is 16.6 Å². The SMILES string of the molecule is CCCCOc1ccc(CNC(=S)NC(=O)Cc2ccc(Cl)cc2)cc1OC. The molecular weight excluding hydrogens is 396 g/mol. The molecule has 0 aromatic heterocycles. The quantitative estimate of drug-likeness (QED) is 0.469. The maximum atomic E-state index is 12.1. The minimum atomic E-state index is -0.183. The monoisotopic (exact) mass is 420 g/mol. The Morgan fingerprint density at radius 1 is 1.11 bits per heavy atom. The number of hydrogen-bond acceptors (Lipinski definition) is 4. The van der Waals surface area contributed by atoms with Crippen LogP contribution in [-0.4, -0.2) is 24.7 Å². The number of thiocarbonyl (C=S) groups is 1. The predicted molar refractivity (Wildman–Crippen MR) is 116 cm³/mol. The van der Waals surface area contributed by atoms with Crippen LogP contribution in [0.3, 0.4) is 0 Å².